The van der Waals surface area contributed by atoms with Gasteiger partial charge in [0.2, 0.25) is 0 Å². The maximum Gasteiger partial charge on any atom is 0.311 e. The predicted molar refractivity (Wildman–Crippen MR) is 60.8 cm³/mol. The van der Waals surface area contributed by atoms with Crippen molar-refractivity contribution in [1.29, 1.82) is 0 Å². The monoisotopic (exact) mass is 216 g/mol. The third-order valence-corrected chi connectivity index (χ3v) is 2.21. The van der Waals surface area contributed by atoms with Gasteiger partial charge in [0.1, 0.15) is 5.75 Å². The van der Waals surface area contributed by atoms with Gasteiger partial charge in [-0.2, -0.15) is 0 Å². The first-order valence-corrected chi connectivity index (χ1v) is 4.95. The van der Waals surface area contributed by atoms with Gasteiger partial charge in [0.25, 0.3) is 5.88 Å². The van der Waals surface area contributed by atoms with Crippen molar-refractivity contribution in [2.24, 2.45) is 0 Å². The van der Waals surface area contributed by atoms with Crippen LogP contribution < -0.4 is 10.3 Å². The van der Waals surface area contributed by atoms with Crippen molar-refractivity contribution >= 4 is 0 Å². The molecule has 1 aromatic carbocycles. The van der Waals surface area contributed by atoms with Gasteiger partial charge in [0.05, 0.1) is 0 Å². The first-order valence-electron chi connectivity index (χ1n) is 4.95. The van der Waals surface area contributed by atoms with E-state index in [1.54, 1.807) is 0 Å². The van der Waals surface area contributed by atoms with E-state index in [2.05, 4.69) is 9.97 Å². The molecule has 2 rings (SSSR count). The summed E-state index contributed by atoms with van der Waals surface area (Å²) < 4.78 is 5.44. The highest BCUT2D eigenvalue weighted by Gasteiger charge is 2.05. The molecule has 4 nitrogen and oxygen atoms in total. The summed E-state index contributed by atoms with van der Waals surface area (Å²) in [5.41, 5.74) is 1.80. The molecule has 1 aromatic heterocycles. The second kappa shape index (κ2) is 4.18. The molecule has 0 aliphatic rings. The molecule has 0 spiro atoms. The van der Waals surface area contributed by atoms with Crippen molar-refractivity contribution < 1.29 is 4.74 Å². The summed E-state index contributed by atoms with van der Waals surface area (Å²) in [4.78, 5) is 17.7. The Morgan fingerprint density at radius 2 is 2.12 bits per heavy atom. The van der Waals surface area contributed by atoms with Crippen molar-refractivity contribution in [3.05, 3.63) is 52.1 Å². The van der Waals surface area contributed by atoms with Crippen LogP contribution in [0.15, 0.2) is 35.4 Å². The molecule has 0 saturated heterocycles. The van der Waals surface area contributed by atoms with Gasteiger partial charge in [0.15, 0.2) is 0 Å². The highest BCUT2D eigenvalue weighted by molar-refractivity contribution is 5.37. The summed E-state index contributed by atoms with van der Waals surface area (Å²) in [6.45, 7) is 3.93. The molecule has 0 bridgehead atoms. The fraction of sp³-hybridized carbons (Fsp3) is 0.167. The molecular formula is C12H12N2O2. The second-order valence-corrected chi connectivity index (χ2v) is 3.59. The number of H-pyrrole nitrogens is 1. The summed E-state index contributed by atoms with van der Waals surface area (Å²) in [6, 6.07) is 5.75. The maximum absolute atomic E-state index is 11.4. The minimum absolute atomic E-state index is 0.0643. The Bertz CT molecular complexity index is 561. The first kappa shape index (κ1) is 10.4. The third-order valence-electron chi connectivity index (χ3n) is 2.21. The highest BCUT2D eigenvalue weighted by Crippen LogP contribution is 2.22. The van der Waals surface area contributed by atoms with E-state index in [0.717, 1.165) is 11.1 Å². The van der Waals surface area contributed by atoms with Gasteiger partial charge < -0.3 is 9.72 Å². The highest BCUT2D eigenvalue weighted by atomic mass is 16.5. The van der Waals surface area contributed by atoms with E-state index in [9.17, 15) is 4.79 Å². The Hall–Kier alpha value is -2.10. The SMILES string of the molecule is Cc1ccc(Oc2ncc[nH]c2=O)c(C)c1. The molecule has 4 heteroatoms. The van der Waals surface area contributed by atoms with E-state index in [-0.39, 0.29) is 11.4 Å². The van der Waals surface area contributed by atoms with Gasteiger partial charge >= 0.3 is 5.56 Å². The smallest absolute Gasteiger partial charge is 0.311 e. The Labute approximate surface area is 92.9 Å². The lowest BCUT2D eigenvalue weighted by Crippen LogP contribution is -2.09. The van der Waals surface area contributed by atoms with E-state index >= 15 is 0 Å². The van der Waals surface area contributed by atoms with Crippen molar-refractivity contribution in [2.45, 2.75) is 13.8 Å². The zero-order valence-corrected chi connectivity index (χ0v) is 9.15. The number of hydrogen-bond acceptors (Lipinski definition) is 3. The quantitative estimate of drug-likeness (QED) is 0.837. The number of benzene rings is 1. The molecule has 0 fully saturated rings. The summed E-state index contributed by atoms with van der Waals surface area (Å²) in [5, 5.41) is 0. The van der Waals surface area contributed by atoms with Crippen LogP contribution in [0.5, 0.6) is 11.6 Å². The molecule has 0 radical (unpaired) electrons. The number of nitrogens with one attached hydrogen (secondary N) is 1. The van der Waals surface area contributed by atoms with Crippen LogP contribution in [0.2, 0.25) is 0 Å². The molecule has 0 aliphatic heterocycles. The molecule has 0 saturated carbocycles. The molecule has 1 N–H and O–H groups in total. The third kappa shape index (κ3) is 2.11. The van der Waals surface area contributed by atoms with Gasteiger partial charge in [-0.05, 0) is 25.5 Å². The lowest BCUT2D eigenvalue weighted by molar-refractivity contribution is 0.451. The van der Waals surface area contributed by atoms with Crippen LogP contribution in [-0.2, 0) is 0 Å². The molecule has 82 valence electrons. The maximum atomic E-state index is 11.4. The van der Waals surface area contributed by atoms with Crippen molar-refractivity contribution in [3.8, 4) is 11.6 Å². The van der Waals surface area contributed by atoms with Crippen molar-refractivity contribution in [1.82, 2.24) is 9.97 Å². The van der Waals surface area contributed by atoms with Gasteiger partial charge in [-0.15, -0.1) is 0 Å². The van der Waals surface area contributed by atoms with Crippen LogP contribution >= 0.6 is 0 Å². The fourth-order valence-corrected chi connectivity index (χ4v) is 1.43. The van der Waals surface area contributed by atoms with Crippen LogP contribution in [0.3, 0.4) is 0 Å². The number of ether oxygens (including phenoxy) is 1. The van der Waals surface area contributed by atoms with E-state index < -0.39 is 0 Å². The molecule has 16 heavy (non-hydrogen) atoms. The molecule has 0 aliphatic carbocycles. The first-order chi connectivity index (χ1) is 7.66. The van der Waals surface area contributed by atoms with Crippen LogP contribution in [0.1, 0.15) is 11.1 Å². The van der Waals surface area contributed by atoms with E-state index in [1.807, 2.05) is 32.0 Å². The van der Waals surface area contributed by atoms with E-state index in [4.69, 9.17) is 4.74 Å². The minimum atomic E-state index is -0.331. The lowest BCUT2D eigenvalue weighted by atomic mass is 10.1. The lowest BCUT2D eigenvalue weighted by Gasteiger charge is -2.07. The molecule has 1 heterocycles. The number of rotatable bonds is 2. The fourth-order valence-electron chi connectivity index (χ4n) is 1.43. The standard InChI is InChI=1S/C12H12N2O2/c1-8-3-4-10(9(2)7-8)16-12-11(15)13-5-6-14-12/h3-7H,1-2H3,(H,13,15). The van der Waals surface area contributed by atoms with E-state index in [0.29, 0.717) is 5.75 Å². The van der Waals surface area contributed by atoms with Crippen molar-refractivity contribution in [3.63, 3.8) is 0 Å². The Kier molecular flexibility index (Phi) is 2.72. The summed E-state index contributed by atoms with van der Waals surface area (Å²) >= 11 is 0. The minimum Gasteiger partial charge on any atom is -0.434 e. The number of aryl methyl sites for hydroxylation is 2. The van der Waals surface area contributed by atoms with Gasteiger partial charge in [-0.3, -0.25) is 4.79 Å². The average molecular weight is 216 g/mol. The zero-order valence-electron chi connectivity index (χ0n) is 9.15. The number of nitrogens with zero attached hydrogens (tertiary/aromatic N) is 1. The number of hydrogen-bond donors (Lipinski definition) is 1. The van der Waals surface area contributed by atoms with Gasteiger partial charge in [0, 0.05) is 12.4 Å². The van der Waals surface area contributed by atoms with Crippen LogP contribution in [-0.4, -0.2) is 9.97 Å². The summed E-state index contributed by atoms with van der Waals surface area (Å²) in [5.74, 6) is 0.712. The largest absolute Gasteiger partial charge is 0.434 e. The van der Waals surface area contributed by atoms with Crippen LogP contribution in [0, 0.1) is 13.8 Å². The van der Waals surface area contributed by atoms with E-state index in [1.165, 1.54) is 12.4 Å². The second-order valence-electron chi connectivity index (χ2n) is 3.59. The topological polar surface area (TPSA) is 55.0 Å². The van der Waals surface area contributed by atoms with Gasteiger partial charge in [-0.25, -0.2) is 4.98 Å². The Morgan fingerprint density at radius 3 is 2.81 bits per heavy atom. The Morgan fingerprint density at radius 1 is 1.31 bits per heavy atom. The molecule has 2 aromatic rings. The zero-order chi connectivity index (χ0) is 11.5. The predicted octanol–water partition coefficient (Wildman–Crippen LogP) is 2.18. The molecular weight excluding hydrogens is 204 g/mol. The normalized spacial score (nSPS) is 10.1. The molecule has 0 amide bonds. The van der Waals surface area contributed by atoms with Crippen molar-refractivity contribution in [2.75, 3.05) is 0 Å². The van der Waals surface area contributed by atoms with Crippen LogP contribution in [0.4, 0.5) is 0 Å². The summed E-state index contributed by atoms with van der Waals surface area (Å²) in [6.07, 6.45) is 2.96. The molecule has 0 atom stereocenters. The molecule has 0 unspecified atom stereocenters. The summed E-state index contributed by atoms with van der Waals surface area (Å²) in [7, 11) is 0. The average Bonchev–Trinajstić information content (AvgIpc) is 2.25. The Balaban J connectivity index is 2.35. The van der Waals surface area contributed by atoms with Crippen LogP contribution in [0.25, 0.3) is 0 Å². The number of aromatic amines is 1. The number of aromatic nitrogens is 2. The van der Waals surface area contributed by atoms with Gasteiger partial charge in [-0.1, -0.05) is 17.7 Å².